The zero-order chi connectivity index (χ0) is 36.6. The van der Waals surface area contributed by atoms with Crippen LogP contribution in [0.2, 0.25) is 0 Å². The lowest BCUT2D eigenvalue weighted by Crippen LogP contribution is -2.00. The van der Waals surface area contributed by atoms with E-state index >= 15 is 0 Å². The van der Waals surface area contributed by atoms with Gasteiger partial charge in [-0.15, -0.1) is 0 Å². The minimum Gasteiger partial charge on any atom is -0.353 e. The molecule has 0 aliphatic heterocycles. The van der Waals surface area contributed by atoms with Crippen LogP contribution in [0.25, 0.3) is 100 Å². The first-order valence-corrected chi connectivity index (χ1v) is 18.5. The second-order valence-electron chi connectivity index (χ2n) is 13.7. The number of H-pyrrole nitrogens is 1. The quantitative estimate of drug-likeness (QED) is 0.180. The fourth-order valence-electron chi connectivity index (χ4n) is 7.55. The molecule has 2 aromatic heterocycles. The maximum atomic E-state index is 5.11. The van der Waals surface area contributed by atoms with Crippen LogP contribution in [0.4, 0.5) is 0 Å². The number of aromatic nitrogens is 4. The number of aromatic amines is 1. The van der Waals surface area contributed by atoms with E-state index in [9.17, 15) is 0 Å². The van der Waals surface area contributed by atoms with Gasteiger partial charge in [-0.25, -0.2) is 15.0 Å². The number of fused-ring (bicyclic) bond motifs is 3. The van der Waals surface area contributed by atoms with Gasteiger partial charge < -0.3 is 4.98 Å². The minimum absolute atomic E-state index is 0.626. The van der Waals surface area contributed by atoms with E-state index in [1.54, 1.807) is 0 Å². The molecule has 4 nitrogen and oxygen atoms in total. The van der Waals surface area contributed by atoms with Crippen molar-refractivity contribution < 1.29 is 0 Å². The van der Waals surface area contributed by atoms with Crippen molar-refractivity contribution in [3.63, 3.8) is 0 Å². The molecule has 55 heavy (non-hydrogen) atoms. The molecular formula is C51H34N4. The Balaban J connectivity index is 1.07. The van der Waals surface area contributed by atoms with Gasteiger partial charge >= 0.3 is 0 Å². The number of hydrogen-bond donors (Lipinski definition) is 1. The van der Waals surface area contributed by atoms with Crippen LogP contribution in [0.1, 0.15) is 0 Å². The van der Waals surface area contributed by atoms with Gasteiger partial charge in [0.05, 0.1) is 11.0 Å². The van der Waals surface area contributed by atoms with Crippen molar-refractivity contribution in [1.82, 2.24) is 19.9 Å². The van der Waals surface area contributed by atoms with Gasteiger partial charge in [0.1, 0.15) is 0 Å². The molecule has 0 saturated heterocycles. The molecular weight excluding hydrogens is 669 g/mol. The fraction of sp³-hybridized carbons (Fsp3) is 0. The van der Waals surface area contributed by atoms with Crippen LogP contribution in [0.15, 0.2) is 200 Å². The molecule has 0 aliphatic rings. The smallest absolute Gasteiger partial charge is 0.164 e. The molecule has 0 unspecified atom stereocenters. The summed E-state index contributed by atoms with van der Waals surface area (Å²) >= 11 is 0. The van der Waals surface area contributed by atoms with Gasteiger partial charge in [0, 0.05) is 38.6 Å². The van der Waals surface area contributed by atoms with Crippen molar-refractivity contribution in [2.24, 2.45) is 0 Å². The third-order valence-corrected chi connectivity index (χ3v) is 10.3. The molecule has 0 fully saturated rings. The summed E-state index contributed by atoms with van der Waals surface area (Å²) in [5.41, 5.74) is 14.3. The highest BCUT2D eigenvalue weighted by atomic mass is 15.0. The van der Waals surface area contributed by atoms with Gasteiger partial charge in [-0.2, -0.15) is 0 Å². The number of rotatable bonds is 7. The minimum atomic E-state index is 0.626. The van der Waals surface area contributed by atoms with Gasteiger partial charge in [-0.05, 0) is 45.5 Å². The predicted molar refractivity (Wildman–Crippen MR) is 227 cm³/mol. The molecule has 0 saturated carbocycles. The van der Waals surface area contributed by atoms with E-state index in [1.807, 2.05) is 36.4 Å². The summed E-state index contributed by atoms with van der Waals surface area (Å²) in [6.45, 7) is 0. The van der Waals surface area contributed by atoms with Crippen LogP contribution in [-0.2, 0) is 0 Å². The van der Waals surface area contributed by atoms with E-state index in [-0.39, 0.29) is 0 Å². The standard InChI is InChI=1S/C51H34N4/c1-4-14-34(15-5-1)36-28-30-37(31-29-36)43-24-12-26-45-46-27-13-25-44(48(46)52-47(43)45)40-21-11-23-42(33-40)51-54-49(38-18-8-3-9-19-38)53-50(55-51)41-22-10-20-39(32-41)35-16-6-2-7-17-35/h1-33,52H. The first-order valence-electron chi connectivity index (χ1n) is 18.5. The maximum absolute atomic E-state index is 5.11. The summed E-state index contributed by atoms with van der Waals surface area (Å²) < 4.78 is 0. The summed E-state index contributed by atoms with van der Waals surface area (Å²) in [7, 11) is 0. The van der Waals surface area contributed by atoms with E-state index in [0.717, 1.165) is 50.0 Å². The molecule has 10 rings (SSSR count). The molecule has 4 heteroatoms. The van der Waals surface area contributed by atoms with Crippen molar-refractivity contribution >= 4 is 21.8 Å². The number of para-hydroxylation sites is 2. The average Bonchev–Trinajstić information content (AvgIpc) is 3.67. The summed E-state index contributed by atoms with van der Waals surface area (Å²) in [4.78, 5) is 19.0. The molecule has 0 atom stereocenters. The van der Waals surface area contributed by atoms with Crippen LogP contribution in [0.5, 0.6) is 0 Å². The van der Waals surface area contributed by atoms with Crippen molar-refractivity contribution in [2.45, 2.75) is 0 Å². The zero-order valence-electron chi connectivity index (χ0n) is 29.9. The zero-order valence-corrected chi connectivity index (χ0v) is 29.9. The van der Waals surface area contributed by atoms with Crippen LogP contribution in [-0.4, -0.2) is 19.9 Å². The molecule has 2 heterocycles. The molecule has 0 radical (unpaired) electrons. The van der Waals surface area contributed by atoms with Crippen LogP contribution in [0.3, 0.4) is 0 Å². The molecule has 0 amide bonds. The second-order valence-corrected chi connectivity index (χ2v) is 13.7. The topological polar surface area (TPSA) is 54.5 Å². The van der Waals surface area contributed by atoms with E-state index in [0.29, 0.717) is 17.5 Å². The summed E-state index contributed by atoms with van der Waals surface area (Å²) in [6, 6.07) is 69.9. The van der Waals surface area contributed by atoms with E-state index < -0.39 is 0 Å². The molecule has 8 aromatic carbocycles. The lowest BCUT2D eigenvalue weighted by molar-refractivity contribution is 1.07. The highest BCUT2D eigenvalue weighted by molar-refractivity contribution is 6.15. The van der Waals surface area contributed by atoms with Crippen molar-refractivity contribution in [3.8, 4) is 78.7 Å². The summed E-state index contributed by atoms with van der Waals surface area (Å²) in [6.07, 6.45) is 0. The Morgan fingerprint density at radius 2 is 0.618 bits per heavy atom. The van der Waals surface area contributed by atoms with Crippen LogP contribution in [0, 0.1) is 0 Å². The Bertz CT molecular complexity index is 2950. The van der Waals surface area contributed by atoms with Gasteiger partial charge in [0.2, 0.25) is 0 Å². The summed E-state index contributed by atoms with van der Waals surface area (Å²) in [5, 5.41) is 2.39. The molecule has 258 valence electrons. The van der Waals surface area contributed by atoms with Gasteiger partial charge in [0.15, 0.2) is 17.5 Å². The number of nitrogens with one attached hydrogen (secondary N) is 1. The highest BCUT2D eigenvalue weighted by Crippen LogP contribution is 2.39. The average molecular weight is 703 g/mol. The van der Waals surface area contributed by atoms with Gasteiger partial charge in [0.25, 0.3) is 0 Å². The Labute approximate surface area is 319 Å². The largest absolute Gasteiger partial charge is 0.353 e. The Hall–Kier alpha value is -7.43. The first kappa shape index (κ1) is 32.2. The lowest BCUT2D eigenvalue weighted by Gasteiger charge is -2.11. The van der Waals surface area contributed by atoms with E-state index in [1.165, 1.54) is 33.0 Å². The van der Waals surface area contributed by atoms with E-state index in [2.05, 4.69) is 169 Å². The number of nitrogens with zero attached hydrogens (tertiary/aromatic N) is 3. The predicted octanol–water partition coefficient (Wildman–Crippen LogP) is 13.2. The fourth-order valence-corrected chi connectivity index (χ4v) is 7.55. The molecule has 10 aromatic rings. The number of hydrogen-bond acceptors (Lipinski definition) is 3. The first-order chi connectivity index (χ1) is 27.2. The van der Waals surface area contributed by atoms with Gasteiger partial charge in [-0.3, -0.25) is 0 Å². The van der Waals surface area contributed by atoms with Crippen molar-refractivity contribution in [2.75, 3.05) is 0 Å². The third kappa shape index (κ3) is 6.16. The number of benzene rings is 8. The summed E-state index contributed by atoms with van der Waals surface area (Å²) in [5.74, 6) is 1.90. The Morgan fingerprint density at radius 1 is 0.255 bits per heavy atom. The maximum Gasteiger partial charge on any atom is 0.164 e. The molecule has 1 N–H and O–H groups in total. The molecule has 0 spiro atoms. The SMILES string of the molecule is c1ccc(-c2ccc(-c3cccc4c3[nH]c3c(-c5cccc(-c6nc(-c7ccccc7)nc(-c7cccc(-c8ccccc8)c7)n6)c5)cccc34)cc2)cc1. The monoisotopic (exact) mass is 702 g/mol. The highest BCUT2D eigenvalue weighted by Gasteiger charge is 2.16. The van der Waals surface area contributed by atoms with Crippen molar-refractivity contribution in [1.29, 1.82) is 0 Å². The van der Waals surface area contributed by atoms with Crippen LogP contribution < -0.4 is 0 Å². The van der Waals surface area contributed by atoms with Crippen LogP contribution >= 0.6 is 0 Å². The lowest BCUT2D eigenvalue weighted by atomic mass is 9.98. The third-order valence-electron chi connectivity index (χ3n) is 10.3. The van der Waals surface area contributed by atoms with Gasteiger partial charge in [-0.1, -0.05) is 188 Å². The van der Waals surface area contributed by atoms with Crippen molar-refractivity contribution in [3.05, 3.63) is 200 Å². The Morgan fingerprint density at radius 3 is 1.18 bits per heavy atom. The molecule has 0 bridgehead atoms. The Kier molecular flexibility index (Phi) is 8.12. The van der Waals surface area contributed by atoms with E-state index in [4.69, 9.17) is 15.0 Å². The second kappa shape index (κ2) is 13.8. The normalized spacial score (nSPS) is 11.3. The molecule has 0 aliphatic carbocycles.